The smallest absolute Gasteiger partial charge is 1.00 e. The number of anilines is 3. The Bertz CT molecular complexity index is 5450. The molecule has 747 valence electrons. The number of benzene rings is 3. The zero-order chi connectivity index (χ0) is 102. The number of aromatic nitrogens is 11. The van der Waals surface area contributed by atoms with Crippen LogP contribution in [0.2, 0.25) is 35.7 Å². The number of nitrogens with two attached hydrogens (primary N) is 2. The van der Waals surface area contributed by atoms with Gasteiger partial charge in [-0.15, -0.1) is 0 Å². The van der Waals surface area contributed by atoms with Gasteiger partial charge in [-0.3, -0.25) is 33.6 Å². The van der Waals surface area contributed by atoms with E-state index < -0.39 is 41.5 Å². The van der Waals surface area contributed by atoms with Crippen molar-refractivity contribution in [1.82, 2.24) is 54.8 Å². The van der Waals surface area contributed by atoms with E-state index in [1.807, 2.05) is 51.1 Å². The van der Waals surface area contributed by atoms with E-state index in [9.17, 15) is 43.8 Å². The molecule has 0 saturated carbocycles. The van der Waals surface area contributed by atoms with Crippen LogP contribution in [0.25, 0.3) is 0 Å². The van der Waals surface area contributed by atoms with E-state index in [2.05, 4.69) is 79.0 Å². The van der Waals surface area contributed by atoms with Crippen molar-refractivity contribution in [3.8, 4) is 52.5 Å². The molecule has 10 aromatic rings. The molecule has 0 unspecified atom stereocenters. The summed E-state index contributed by atoms with van der Waals surface area (Å²) in [6, 6.07) is 26.3. The average molecular weight is 2170 g/mol. The van der Waals surface area contributed by atoms with E-state index in [0.29, 0.717) is 151 Å². The molecular formula is C89H112BCl10N16Na2O20P+. The van der Waals surface area contributed by atoms with E-state index >= 15 is 0 Å². The van der Waals surface area contributed by atoms with Crippen molar-refractivity contribution in [3.63, 3.8) is 0 Å². The number of amides is 2. The fraction of sp³-hybridized carbons (Fsp3) is 0.382. The first-order valence-corrected chi connectivity index (χ1v) is 48.5. The largest absolute Gasteiger partial charge is 1.00 e. The van der Waals surface area contributed by atoms with Crippen molar-refractivity contribution in [3.05, 3.63) is 220 Å². The molecule has 3 saturated heterocycles. The number of esters is 2. The summed E-state index contributed by atoms with van der Waals surface area (Å²) < 4.78 is 44.7. The van der Waals surface area contributed by atoms with Gasteiger partial charge in [-0.2, -0.15) is 0 Å². The molecule has 50 heteroatoms. The predicted octanol–water partition coefficient (Wildman–Crippen LogP) is 10.4. The Balaban J connectivity index is -0.00000162. The Kier molecular flexibility index (Phi) is 67.5. The molecule has 3 fully saturated rings. The fourth-order valence-electron chi connectivity index (χ4n) is 12.3. The van der Waals surface area contributed by atoms with E-state index in [0.717, 1.165) is 98.8 Å². The van der Waals surface area contributed by atoms with Crippen LogP contribution in [-0.2, 0) is 60.9 Å². The molecule has 11 N–H and O–H groups in total. The van der Waals surface area contributed by atoms with Crippen molar-refractivity contribution in [1.29, 1.82) is 1.28 Å². The molecule has 3 radical (unpaired) electrons. The van der Waals surface area contributed by atoms with Crippen LogP contribution in [0.15, 0.2) is 140 Å². The number of aromatic amines is 1. The number of halogens is 10. The molecule has 7 aromatic heterocycles. The van der Waals surface area contributed by atoms with Gasteiger partial charge in [0.15, 0.2) is 18.5 Å². The number of carbonyl (C=O) groups excluding carboxylic acids is 6. The summed E-state index contributed by atoms with van der Waals surface area (Å²) >= 11 is 56.5. The fourth-order valence-corrected chi connectivity index (χ4v) is 13.9. The molecule has 3 aliphatic heterocycles. The number of nitrogens with zero attached hydrogens (tertiary/aromatic N) is 13. The second kappa shape index (κ2) is 72.9. The number of hydrogen-bond acceptors (Lipinski definition) is 33. The molecule has 3 aromatic carbocycles. The van der Waals surface area contributed by atoms with Gasteiger partial charge in [-0.25, -0.2) is 49.8 Å². The van der Waals surface area contributed by atoms with Crippen LogP contribution in [-0.4, -0.2) is 224 Å². The van der Waals surface area contributed by atoms with Crippen molar-refractivity contribution < 1.29 is 155 Å². The number of nitrogens with one attached hydrogen (secondary N) is 1. The second-order valence-electron chi connectivity index (χ2n) is 27.5. The quantitative estimate of drug-likeness (QED) is 0.00607. The maximum atomic E-state index is 11.8. The van der Waals surface area contributed by atoms with E-state index in [1.54, 1.807) is 108 Å². The zero-order valence-electron chi connectivity index (χ0n) is 81.6. The third-order valence-corrected chi connectivity index (χ3v) is 20.9. The first-order chi connectivity index (χ1) is 65.4. The Morgan fingerprint density at radius 1 is 0.504 bits per heavy atom. The summed E-state index contributed by atoms with van der Waals surface area (Å²) in [7, 11) is 3.49. The van der Waals surface area contributed by atoms with E-state index in [1.165, 1.54) is 45.6 Å². The van der Waals surface area contributed by atoms with Gasteiger partial charge in [0.2, 0.25) is 47.1 Å². The number of aldehydes is 2. The number of primary amides is 2. The summed E-state index contributed by atoms with van der Waals surface area (Å²) in [5, 5.41) is 53.6. The molecule has 10 heterocycles. The monoisotopic (exact) mass is 2160 g/mol. The average Bonchev–Trinajstić information content (AvgIpc) is 1.52. The minimum Gasteiger partial charge on any atom is -1.00 e. The second-order valence-corrected chi connectivity index (χ2v) is 35.2. The van der Waals surface area contributed by atoms with Crippen LogP contribution >= 0.6 is 121 Å². The number of aliphatic hydroxyl groups excluding tert-OH is 4. The van der Waals surface area contributed by atoms with Gasteiger partial charge in [0.1, 0.15) is 130 Å². The van der Waals surface area contributed by atoms with Gasteiger partial charge >= 0.3 is 72.3 Å². The van der Waals surface area contributed by atoms with E-state index in [4.69, 9.17) is 172 Å². The molecule has 13 rings (SSSR count). The normalized spacial score (nSPS) is 13.3. The van der Waals surface area contributed by atoms with Crippen LogP contribution in [0.1, 0.15) is 139 Å². The van der Waals surface area contributed by atoms with Crippen LogP contribution in [0.4, 0.5) is 17.1 Å². The number of phenols is 1. The number of pyridine rings is 3. The molecule has 139 heavy (non-hydrogen) atoms. The molecule has 3 aliphatic rings. The van der Waals surface area contributed by atoms with Gasteiger partial charge in [0.05, 0.1) is 63.5 Å². The Morgan fingerprint density at radius 2 is 0.842 bits per heavy atom. The zero-order valence-corrected chi connectivity index (χ0v) is 91.1. The van der Waals surface area contributed by atoms with Crippen LogP contribution in [0.3, 0.4) is 0 Å². The summed E-state index contributed by atoms with van der Waals surface area (Å²) in [5.41, 5.74) is 16.2. The van der Waals surface area contributed by atoms with Gasteiger partial charge in [-0.05, 0) is 143 Å². The summed E-state index contributed by atoms with van der Waals surface area (Å²) in [6.07, 6.45) is 17.4. The predicted molar refractivity (Wildman–Crippen MR) is 537 cm³/mol. The number of hydrogen-bond donors (Lipinski definition) is 9. The van der Waals surface area contributed by atoms with Crippen molar-refractivity contribution in [2.75, 3.05) is 88.5 Å². The SMILES string of the molecule is CCC(C(=O)OC)C(=O)OC.CCC(C(N)=O)C(N)=O.CCO.CCO.CCc1c(Cl)ncnc1Cl.CCc1c(Cl)ncnc1Oc1ccc(N2CC[C@H](Oc3ncccc3Cl)C2)c(C=O)c1.CCc1c(Cl)ncnc1Oc1ccc(N2CC[C@H](Oc3ncccc3Cl)C2)c(CO)c1.CCc1c(O)nc[nH]c1=O.CO.O=Cc1cc(O)ccc1N1CC[C@H](Oc2ncccc2Cl)C1.[2H][P+](Cl)(Cl)Cl.[B].[H-].[H-].[Na+].[Na+]. The molecule has 3 atom stereocenters. The van der Waals surface area contributed by atoms with Crippen molar-refractivity contribution in [2.45, 2.75) is 138 Å². The number of ether oxygens (including phenoxy) is 7. The molecule has 0 bridgehead atoms. The Morgan fingerprint density at radius 3 is 1.15 bits per heavy atom. The maximum Gasteiger partial charge on any atom is 1.00 e. The number of aromatic hydroxyl groups is 2. The standard InChI is InChI=1S/C22H22Cl2N4O3.C22H20Cl2N4O3.C16H15ClN2O3.C7H12O4.C6H6Cl2N2.C6H8N2O2.C5H10N2O2.2C2H6O.CH4O.B.Cl3P.2Na.2H/c2*1-2-17-20(24)26-13-27-21(17)30-15-5-6-19(14(10-15)12-29)28-9-7-16(11-28)31-22-18(23)4-3-8-25-22;17-14-2-1-6-18-16(14)22-13-5-7-19(9-13)15-4-3-12(21)8-11(15)10-20;1-4-5(6(8)10-2)7(9)11-3;1-2-4-5(7)9-3-10-6(4)8;1-2-4-5(9)7-3-8-6(4)10;1-2-3(4(6)8)5(7)9;2*1-2-3;1-2;;1-4(2)3;;;;/h3-6,8,10,13,16,29H,2,7,9,11-12H2,1H3;3-6,8,10,12-13,16H,2,7,9,11H2,1H3;1-4,6,8,10,13,21H,5,7,9H2;5H,4H2,1-3H3;3H,2H2,1H3;3H,2H2,1H3,(H2,7,8,9,10);3H,2H2,1H3,(H2,6,8)(H2,7,9);2*3H,2H2,1H3;2H,1H3;;;;;;/q;;;;;;;;;;;;2*+1;2*-1/p+1/t2*16-;13-;;;;;;;;;;;;;/m000............./s1/i/hD. The number of H-pyrrole nitrogens is 1. The summed E-state index contributed by atoms with van der Waals surface area (Å²) in [4.78, 5) is 125. The topological polar surface area (TPSA) is 512 Å². The van der Waals surface area contributed by atoms with Crippen molar-refractivity contribution in [2.24, 2.45) is 23.3 Å². The molecule has 36 nitrogen and oxygen atoms in total. The Hall–Kier alpha value is -8.32. The minimum atomic E-state index is -2.72. The summed E-state index contributed by atoms with van der Waals surface area (Å²) in [5.74, 6) is -3.60. The molecule has 2 amide bonds. The minimum absolute atomic E-state index is 0. The maximum absolute atomic E-state index is 11.8. The van der Waals surface area contributed by atoms with Gasteiger partial charge in [0.25, 0.3) is 11.5 Å². The van der Waals surface area contributed by atoms with Gasteiger partial charge in [0, 0.05) is 126 Å². The number of rotatable bonds is 26. The molecular weight excluding hydrogens is 2060 g/mol. The van der Waals surface area contributed by atoms with Crippen LogP contribution < -0.4 is 115 Å². The summed E-state index contributed by atoms with van der Waals surface area (Å²) in [6.45, 7) is 19.0. The first kappa shape index (κ1) is 129. The molecule has 0 aliphatic carbocycles. The van der Waals surface area contributed by atoms with E-state index in [-0.39, 0.29) is 126 Å². The number of aliphatic hydroxyl groups is 4. The first-order valence-electron chi connectivity index (χ1n) is 42.2. The number of phenolic OH excluding ortho intramolecular Hbond substituents is 1. The van der Waals surface area contributed by atoms with Crippen LogP contribution in [0, 0.1) is 11.8 Å². The van der Waals surface area contributed by atoms with Gasteiger partial charge in [-0.1, -0.05) is 123 Å². The Labute approximate surface area is 907 Å². The molecule has 0 spiro atoms. The third-order valence-electron chi connectivity index (χ3n) is 18.7. The third kappa shape index (κ3) is 45.0. The number of methoxy groups -OCH3 is 2. The number of carbonyl (C=O) groups is 6. The van der Waals surface area contributed by atoms with Crippen molar-refractivity contribution >= 4 is 183 Å². The van der Waals surface area contributed by atoms with Crippen LogP contribution in [0.5, 0.6) is 52.5 Å². The van der Waals surface area contributed by atoms with Gasteiger partial charge < -0.3 is 97.8 Å².